The van der Waals surface area contributed by atoms with Crippen LogP contribution in [0.3, 0.4) is 0 Å². The lowest BCUT2D eigenvalue weighted by atomic mass is 10.0. The highest BCUT2D eigenvalue weighted by molar-refractivity contribution is 7.46. The summed E-state index contributed by atoms with van der Waals surface area (Å²) >= 11 is 0. The number of esters is 1. The number of hydrogen-bond acceptors (Lipinski definition) is 8. The highest BCUT2D eigenvalue weighted by atomic mass is 31.2. The SMILES string of the molecule is CC(C)OC(=O)[C@H](O)[C@@H](O)[C@H](O)[C@H](O)COP(=O)(O)O. The number of phosphoric acid groups is 1. The van der Waals surface area contributed by atoms with Gasteiger partial charge in [0.2, 0.25) is 0 Å². The molecule has 20 heavy (non-hydrogen) atoms. The first-order valence-corrected chi connectivity index (χ1v) is 7.11. The van der Waals surface area contributed by atoms with E-state index in [4.69, 9.17) is 9.79 Å². The van der Waals surface area contributed by atoms with Crippen LogP contribution in [0.2, 0.25) is 0 Å². The fourth-order valence-electron chi connectivity index (χ4n) is 1.13. The van der Waals surface area contributed by atoms with Crippen LogP contribution >= 0.6 is 7.82 Å². The molecule has 0 saturated heterocycles. The second-order valence-corrected chi connectivity index (χ2v) is 5.50. The molecular formula is C9H19O10P. The van der Waals surface area contributed by atoms with Crippen LogP contribution in [0.15, 0.2) is 0 Å². The Morgan fingerprint density at radius 1 is 1.10 bits per heavy atom. The first-order valence-electron chi connectivity index (χ1n) is 5.58. The molecule has 0 aliphatic heterocycles. The van der Waals surface area contributed by atoms with Crippen molar-refractivity contribution >= 4 is 13.8 Å². The van der Waals surface area contributed by atoms with Gasteiger partial charge in [-0.1, -0.05) is 0 Å². The van der Waals surface area contributed by atoms with E-state index in [9.17, 15) is 29.8 Å². The van der Waals surface area contributed by atoms with Crippen molar-refractivity contribution in [2.24, 2.45) is 0 Å². The van der Waals surface area contributed by atoms with Crippen LogP contribution in [0.25, 0.3) is 0 Å². The topological polar surface area (TPSA) is 174 Å². The van der Waals surface area contributed by atoms with E-state index in [1.807, 2.05) is 0 Å². The summed E-state index contributed by atoms with van der Waals surface area (Å²) in [6.45, 7) is 1.99. The third kappa shape index (κ3) is 7.27. The molecule has 120 valence electrons. The molecule has 0 rings (SSSR count). The maximum absolute atomic E-state index is 11.3. The standard InChI is InChI=1S/C9H19O10P/c1-4(2)19-9(14)8(13)7(12)6(11)5(10)3-18-20(15,16)17/h4-8,10-13H,3H2,1-2H3,(H2,15,16,17)/t5-,6-,7+,8-/m1/s1. The van der Waals surface area contributed by atoms with E-state index in [0.29, 0.717) is 0 Å². The molecule has 0 aromatic rings. The monoisotopic (exact) mass is 318 g/mol. The Bertz CT molecular complexity index is 353. The Hall–Kier alpha value is -0.580. The van der Waals surface area contributed by atoms with Crippen molar-refractivity contribution in [2.75, 3.05) is 6.61 Å². The first kappa shape index (κ1) is 19.4. The van der Waals surface area contributed by atoms with Crippen LogP contribution in [-0.2, 0) is 18.6 Å². The molecule has 0 aromatic carbocycles. The third-order valence-electron chi connectivity index (χ3n) is 2.07. The van der Waals surface area contributed by atoms with Gasteiger partial charge in [-0.2, -0.15) is 0 Å². The van der Waals surface area contributed by atoms with Crippen LogP contribution in [0.1, 0.15) is 13.8 Å². The van der Waals surface area contributed by atoms with Crippen molar-refractivity contribution in [1.29, 1.82) is 0 Å². The van der Waals surface area contributed by atoms with E-state index in [1.165, 1.54) is 13.8 Å². The van der Waals surface area contributed by atoms with Gasteiger partial charge in [-0.15, -0.1) is 0 Å². The first-order chi connectivity index (χ1) is 8.95. The lowest BCUT2D eigenvalue weighted by molar-refractivity contribution is -0.173. The van der Waals surface area contributed by atoms with Gasteiger partial charge in [0, 0.05) is 0 Å². The molecule has 0 heterocycles. The van der Waals surface area contributed by atoms with Gasteiger partial charge in [-0.3, -0.25) is 4.52 Å². The zero-order valence-corrected chi connectivity index (χ0v) is 11.8. The number of rotatable bonds is 8. The van der Waals surface area contributed by atoms with Gasteiger partial charge in [-0.05, 0) is 13.8 Å². The van der Waals surface area contributed by atoms with E-state index >= 15 is 0 Å². The summed E-state index contributed by atoms with van der Waals surface area (Å²) in [5, 5.41) is 37.6. The molecule has 0 bridgehead atoms. The van der Waals surface area contributed by atoms with Gasteiger partial charge >= 0.3 is 13.8 Å². The van der Waals surface area contributed by atoms with Crippen LogP contribution in [-0.4, -0.2) is 73.3 Å². The molecule has 0 aliphatic rings. The van der Waals surface area contributed by atoms with Crippen LogP contribution in [0.4, 0.5) is 0 Å². The van der Waals surface area contributed by atoms with E-state index < -0.39 is 50.9 Å². The molecule has 6 N–H and O–H groups in total. The number of aliphatic hydroxyl groups is 4. The summed E-state index contributed by atoms with van der Waals surface area (Å²) < 4.78 is 18.9. The van der Waals surface area contributed by atoms with Gasteiger partial charge in [0.15, 0.2) is 6.10 Å². The molecule has 0 spiro atoms. The quantitative estimate of drug-likeness (QED) is 0.207. The van der Waals surface area contributed by atoms with Gasteiger partial charge in [0.05, 0.1) is 12.7 Å². The van der Waals surface area contributed by atoms with Gasteiger partial charge < -0.3 is 34.9 Å². The van der Waals surface area contributed by atoms with Gasteiger partial charge in [0.1, 0.15) is 18.3 Å². The predicted octanol–water partition coefficient (Wildman–Crippen LogP) is -2.51. The molecule has 0 fully saturated rings. The van der Waals surface area contributed by atoms with Crippen molar-refractivity contribution in [2.45, 2.75) is 44.4 Å². The summed E-state index contributed by atoms with van der Waals surface area (Å²) in [4.78, 5) is 28.0. The van der Waals surface area contributed by atoms with Gasteiger partial charge in [0.25, 0.3) is 0 Å². The van der Waals surface area contributed by atoms with Crippen molar-refractivity contribution in [1.82, 2.24) is 0 Å². The van der Waals surface area contributed by atoms with E-state index in [0.717, 1.165) is 0 Å². The van der Waals surface area contributed by atoms with Crippen molar-refractivity contribution < 1.29 is 48.8 Å². The summed E-state index contributed by atoms with van der Waals surface area (Å²) in [5.74, 6) is -1.21. The van der Waals surface area contributed by atoms with Crippen LogP contribution in [0.5, 0.6) is 0 Å². The molecule has 4 atom stereocenters. The molecule has 11 heteroatoms. The minimum atomic E-state index is -4.86. The van der Waals surface area contributed by atoms with E-state index in [2.05, 4.69) is 9.26 Å². The molecule has 0 radical (unpaired) electrons. The van der Waals surface area contributed by atoms with E-state index in [-0.39, 0.29) is 0 Å². The minimum absolute atomic E-state index is 0.565. The summed E-state index contributed by atoms with van der Waals surface area (Å²) in [7, 11) is -4.86. The Labute approximate surface area is 114 Å². The second-order valence-electron chi connectivity index (χ2n) is 4.27. The van der Waals surface area contributed by atoms with Crippen LogP contribution < -0.4 is 0 Å². The minimum Gasteiger partial charge on any atom is -0.461 e. The summed E-state index contributed by atoms with van der Waals surface area (Å²) in [6.07, 6.45) is -8.81. The Morgan fingerprint density at radius 3 is 2.00 bits per heavy atom. The number of ether oxygens (including phenoxy) is 1. The maximum Gasteiger partial charge on any atom is 0.469 e. The van der Waals surface area contributed by atoms with Crippen molar-refractivity contribution in [3.05, 3.63) is 0 Å². The molecule has 10 nitrogen and oxygen atoms in total. The summed E-state index contributed by atoms with van der Waals surface area (Å²) in [6, 6.07) is 0. The second kappa shape index (κ2) is 8.01. The Kier molecular flexibility index (Phi) is 7.78. The average Bonchev–Trinajstić information content (AvgIpc) is 2.31. The predicted molar refractivity (Wildman–Crippen MR) is 63.3 cm³/mol. The van der Waals surface area contributed by atoms with Gasteiger partial charge in [-0.25, -0.2) is 9.36 Å². The van der Waals surface area contributed by atoms with Crippen LogP contribution in [0, 0.1) is 0 Å². The Balaban J connectivity index is 4.48. The lowest BCUT2D eigenvalue weighted by Gasteiger charge is -2.25. The fraction of sp³-hybridized carbons (Fsp3) is 0.889. The number of phosphoric ester groups is 1. The molecule has 0 saturated carbocycles. The Morgan fingerprint density at radius 2 is 1.60 bits per heavy atom. The maximum atomic E-state index is 11.3. The summed E-state index contributed by atoms with van der Waals surface area (Å²) in [5.41, 5.74) is 0. The average molecular weight is 318 g/mol. The van der Waals surface area contributed by atoms with Crippen molar-refractivity contribution in [3.63, 3.8) is 0 Å². The zero-order chi connectivity index (χ0) is 16.1. The lowest BCUT2D eigenvalue weighted by Crippen LogP contribution is -2.49. The molecule has 0 amide bonds. The molecule has 0 aromatic heterocycles. The number of carbonyl (C=O) groups excluding carboxylic acids is 1. The highest BCUT2D eigenvalue weighted by Gasteiger charge is 2.36. The number of carbonyl (C=O) groups is 1. The third-order valence-corrected chi connectivity index (χ3v) is 2.56. The highest BCUT2D eigenvalue weighted by Crippen LogP contribution is 2.35. The largest absolute Gasteiger partial charge is 0.469 e. The van der Waals surface area contributed by atoms with Crippen molar-refractivity contribution in [3.8, 4) is 0 Å². The molecule has 0 unspecified atom stereocenters. The normalized spacial score (nSPS) is 18.4. The van der Waals surface area contributed by atoms with E-state index in [1.54, 1.807) is 0 Å². The number of aliphatic hydroxyl groups excluding tert-OH is 4. The zero-order valence-electron chi connectivity index (χ0n) is 10.9. The molecular weight excluding hydrogens is 299 g/mol. The number of hydrogen-bond donors (Lipinski definition) is 6. The molecule has 0 aliphatic carbocycles. The smallest absolute Gasteiger partial charge is 0.461 e. The fourth-order valence-corrected chi connectivity index (χ4v) is 1.47.